The van der Waals surface area contributed by atoms with Crippen molar-refractivity contribution < 1.29 is 28.6 Å². The topological polar surface area (TPSA) is 83.4 Å². The molecule has 166 valence electrons. The van der Waals surface area contributed by atoms with Gasteiger partial charge in [0.2, 0.25) is 0 Å². The molecule has 1 atom stereocenters. The molecule has 0 amide bonds. The second kappa shape index (κ2) is 11.9. The summed E-state index contributed by atoms with van der Waals surface area (Å²) in [6.07, 6.45) is 0.621. The lowest BCUT2D eigenvalue weighted by Gasteiger charge is -2.28. The van der Waals surface area contributed by atoms with Crippen LogP contribution in [-0.4, -0.2) is 45.1 Å². The quantitative estimate of drug-likeness (QED) is 0.308. The first-order valence-corrected chi connectivity index (χ1v) is 9.91. The summed E-state index contributed by atoms with van der Waals surface area (Å²) in [5, 5.41) is 3.86. The maximum Gasteiger partial charge on any atom is 0.355 e. The molecule has 7 nitrogen and oxygen atoms in total. The Morgan fingerprint density at radius 3 is 2.19 bits per heavy atom. The number of benzene rings is 2. The summed E-state index contributed by atoms with van der Waals surface area (Å²) >= 11 is 0. The van der Waals surface area contributed by atoms with Crippen molar-refractivity contribution in [3.8, 4) is 0 Å². The van der Waals surface area contributed by atoms with Crippen LogP contribution in [0.5, 0.6) is 0 Å². The van der Waals surface area contributed by atoms with E-state index in [1.165, 1.54) is 21.1 Å². The van der Waals surface area contributed by atoms with Gasteiger partial charge in [0.05, 0.1) is 33.0 Å². The largest absolute Gasteiger partial charge is 0.465 e. The normalized spacial score (nSPS) is 13.2. The minimum absolute atomic E-state index is 0.137. The monoisotopic (exact) mass is 427 g/mol. The molecule has 0 bridgehead atoms. The number of carbonyl (C=O) groups excluding carboxylic acids is 2. The van der Waals surface area contributed by atoms with Crippen LogP contribution in [0.3, 0.4) is 0 Å². The van der Waals surface area contributed by atoms with Gasteiger partial charge in [-0.3, -0.25) is 0 Å². The zero-order valence-corrected chi connectivity index (χ0v) is 18.4. The fourth-order valence-electron chi connectivity index (χ4n) is 2.97. The van der Waals surface area contributed by atoms with E-state index in [0.717, 1.165) is 11.1 Å². The number of hydrogen-bond donors (Lipinski definition) is 0. The SMILES string of the molecule is COC(=O)/C(C)=N/OCC(C)(COCc1ccccc1)Cc1ccc(C(=O)OC)cc1. The number of oxime groups is 1. The van der Waals surface area contributed by atoms with Crippen LogP contribution < -0.4 is 0 Å². The molecule has 0 heterocycles. The van der Waals surface area contributed by atoms with Crippen LogP contribution in [0.25, 0.3) is 0 Å². The minimum Gasteiger partial charge on any atom is -0.465 e. The van der Waals surface area contributed by atoms with Crippen molar-refractivity contribution in [1.82, 2.24) is 0 Å². The molecule has 2 aromatic rings. The highest BCUT2D eigenvalue weighted by atomic mass is 16.6. The van der Waals surface area contributed by atoms with Crippen LogP contribution >= 0.6 is 0 Å². The Hall–Kier alpha value is -3.19. The maximum absolute atomic E-state index is 11.7. The van der Waals surface area contributed by atoms with Gasteiger partial charge in [0.1, 0.15) is 6.61 Å². The van der Waals surface area contributed by atoms with E-state index in [4.69, 9.17) is 14.3 Å². The number of ether oxygens (including phenoxy) is 3. The van der Waals surface area contributed by atoms with Crippen molar-refractivity contribution in [2.24, 2.45) is 10.6 Å². The molecular formula is C24H29NO6. The van der Waals surface area contributed by atoms with Gasteiger partial charge >= 0.3 is 11.9 Å². The van der Waals surface area contributed by atoms with E-state index < -0.39 is 11.4 Å². The average Bonchev–Trinajstić information content (AvgIpc) is 2.79. The van der Waals surface area contributed by atoms with E-state index in [2.05, 4.69) is 9.89 Å². The second-order valence-corrected chi connectivity index (χ2v) is 7.60. The average molecular weight is 427 g/mol. The minimum atomic E-state index is -0.541. The molecule has 0 aliphatic carbocycles. The number of carbonyl (C=O) groups is 2. The van der Waals surface area contributed by atoms with Crippen LogP contribution in [0.2, 0.25) is 0 Å². The maximum atomic E-state index is 11.7. The summed E-state index contributed by atoms with van der Waals surface area (Å²) in [7, 11) is 2.65. The highest BCUT2D eigenvalue weighted by Gasteiger charge is 2.27. The van der Waals surface area contributed by atoms with Gasteiger partial charge in [-0.2, -0.15) is 0 Å². The molecule has 7 heteroatoms. The second-order valence-electron chi connectivity index (χ2n) is 7.60. The number of hydrogen-bond acceptors (Lipinski definition) is 7. The summed E-state index contributed by atoms with van der Waals surface area (Å²) in [4.78, 5) is 28.6. The van der Waals surface area contributed by atoms with Gasteiger partial charge in [-0.15, -0.1) is 0 Å². The first-order valence-electron chi connectivity index (χ1n) is 9.91. The third-order valence-electron chi connectivity index (χ3n) is 4.66. The van der Waals surface area contributed by atoms with Gasteiger partial charge in [0, 0.05) is 5.41 Å². The van der Waals surface area contributed by atoms with Gasteiger partial charge in [-0.1, -0.05) is 54.5 Å². The van der Waals surface area contributed by atoms with Crippen LogP contribution in [0, 0.1) is 5.41 Å². The van der Waals surface area contributed by atoms with Crippen LogP contribution in [0.1, 0.15) is 35.3 Å². The number of nitrogens with zero attached hydrogens (tertiary/aromatic N) is 1. The Labute approximate surface area is 182 Å². The Kier molecular flexibility index (Phi) is 9.21. The predicted molar refractivity (Wildman–Crippen MR) is 117 cm³/mol. The molecule has 0 aliphatic heterocycles. The molecule has 0 aromatic heterocycles. The highest BCUT2D eigenvalue weighted by molar-refractivity contribution is 6.35. The molecule has 2 aromatic carbocycles. The highest BCUT2D eigenvalue weighted by Crippen LogP contribution is 2.25. The first-order chi connectivity index (χ1) is 14.9. The van der Waals surface area contributed by atoms with Gasteiger partial charge in [-0.05, 0) is 36.6 Å². The van der Waals surface area contributed by atoms with Crippen LogP contribution in [0.15, 0.2) is 59.8 Å². The molecule has 2 rings (SSSR count). The molecule has 1 unspecified atom stereocenters. The Bertz CT molecular complexity index is 879. The summed E-state index contributed by atoms with van der Waals surface area (Å²) in [6, 6.07) is 17.1. The van der Waals surface area contributed by atoms with Crippen molar-refractivity contribution in [2.75, 3.05) is 27.4 Å². The smallest absolute Gasteiger partial charge is 0.355 e. The molecule has 0 saturated carbocycles. The Morgan fingerprint density at radius 2 is 1.58 bits per heavy atom. The predicted octanol–water partition coefficient (Wildman–Crippen LogP) is 3.80. The summed E-state index contributed by atoms with van der Waals surface area (Å²) in [5.41, 5.74) is 2.28. The van der Waals surface area contributed by atoms with E-state index in [-0.39, 0.29) is 18.3 Å². The molecule has 0 fully saturated rings. The molecule has 0 spiro atoms. The molecule has 31 heavy (non-hydrogen) atoms. The Morgan fingerprint density at radius 1 is 0.903 bits per heavy atom. The van der Waals surface area contributed by atoms with E-state index in [0.29, 0.717) is 25.2 Å². The van der Waals surface area contributed by atoms with Crippen LogP contribution in [0.4, 0.5) is 0 Å². The van der Waals surface area contributed by atoms with Crippen molar-refractivity contribution >= 4 is 17.7 Å². The third kappa shape index (κ3) is 7.86. The third-order valence-corrected chi connectivity index (χ3v) is 4.66. The van der Waals surface area contributed by atoms with Crippen molar-refractivity contribution in [3.05, 3.63) is 71.3 Å². The van der Waals surface area contributed by atoms with Crippen molar-refractivity contribution in [2.45, 2.75) is 26.9 Å². The molecule has 0 aliphatic rings. The molecule has 0 radical (unpaired) electrons. The van der Waals surface area contributed by atoms with E-state index in [1.54, 1.807) is 12.1 Å². The van der Waals surface area contributed by atoms with E-state index in [1.807, 2.05) is 49.4 Å². The number of methoxy groups -OCH3 is 2. The first kappa shape index (κ1) is 24.1. The lowest BCUT2D eigenvalue weighted by atomic mass is 9.85. The van der Waals surface area contributed by atoms with Gasteiger partial charge in [-0.25, -0.2) is 9.59 Å². The molecular weight excluding hydrogens is 398 g/mol. The lowest BCUT2D eigenvalue weighted by Crippen LogP contribution is -2.31. The summed E-state index contributed by atoms with van der Waals surface area (Å²) in [5.74, 6) is -0.920. The van der Waals surface area contributed by atoms with Crippen molar-refractivity contribution in [3.63, 3.8) is 0 Å². The molecule has 0 N–H and O–H groups in total. The van der Waals surface area contributed by atoms with Crippen LogP contribution in [-0.2, 0) is 36.9 Å². The van der Waals surface area contributed by atoms with Crippen molar-refractivity contribution in [1.29, 1.82) is 0 Å². The summed E-state index contributed by atoms with van der Waals surface area (Å²) < 4.78 is 15.3. The summed E-state index contributed by atoms with van der Waals surface area (Å²) in [6.45, 7) is 4.67. The van der Waals surface area contributed by atoms with E-state index >= 15 is 0 Å². The zero-order chi connectivity index (χ0) is 22.7. The molecule has 0 saturated heterocycles. The van der Waals surface area contributed by atoms with E-state index in [9.17, 15) is 9.59 Å². The number of rotatable bonds is 11. The number of esters is 2. The zero-order valence-electron chi connectivity index (χ0n) is 18.4. The van der Waals surface area contributed by atoms with Gasteiger partial charge in [0.25, 0.3) is 0 Å². The standard InChI is InChI=1S/C24H29NO6/c1-18(22(26)28-3)25-31-17-24(2,16-30-15-20-8-6-5-7-9-20)14-19-10-12-21(13-11-19)23(27)29-4/h5-13H,14-17H2,1-4H3/b25-18+. The van der Waals surface area contributed by atoms with Gasteiger partial charge < -0.3 is 19.0 Å². The fraction of sp³-hybridized carbons (Fsp3) is 0.375. The fourth-order valence-corrected chi connectivity index (χ4v) is 2.97. The Balaban J connectivity index is 2.07. The van der Waals surface area contributed by atoms with Gasteiger partial charge in [0.15, 0.2) is 5.71 Å². The lowest BCUT2D eigenvalue weighted by molar-refractivity contribution is -0.133.